The highest BCUT2D eigenvalue weighted by Gasteiger charge is 2.01. The van der Waals surface area contributed by atoms with Crippen LogP contribution >= 0.6 is 23.4 Å². The molecular weight excluding hydrogens is 184 g/mol. The van der Waals surface area contributed by atoms with Crippen LogP contribution in [-0.4, -0.2) is 14.8 Å². The number of hydrogen-bond acceptors (Lipinski definition) is 2. The number of hydrogen-bond donors (Lipinski definition) is 0. The minimum absolute atomic E-state index is 0.641. The Kier molecular flexibility index (Phi) is 6.37. The van der Waals surface area contributed by atoms with Crippen LogP contribution in [0.2, 0.25) is 13.1 Å². The second kappa shape index (κ2) is 6.13. The van der Waals surface area contributed by atoms with Crippen molar-refractivity contribution in [2.24, 2.45) is 0 Å². The van der Waals surface area contributed by atoms with E-state index < -0.39 is 9.04 Å². The fourth-order valence-corrected chi connectivity index (χ4v) is 2.28. The molecule has 0 bridgehead atoms. The predicted octanol–water partition coefficient (Wildman–Crippen LogP) is 3.04. The van der Waals surface area contributed by atoms with Crippen LogP contribution in [-0.2, 0) is 4.43 Å². The zero-order chi connectivity index (χ0) is 7.98. The molecule has 0 aliphatic carbocycles. The van der Waals surface area contributed by atoms with E-state index in [2.05, 4.69) is 20.0 Å². The Morgan fingerprint density at radius 1 is 1.70 bits per heavy atom. The van der Waals surface area contributed by atoms with Gasteiger partial charge in [-0.3, -0.25) is 0 Å². The zero-order valence-corrected chi connectivity index (χ0v) is 9.05. The van der Waals surface area contributed by atoms with Crippen molar-refractivity contribution in [3.63, 3.8) is 0 Å². The Morgan fingerprint density at radius 2 is 2.30 bits per heavy atom. The maximum absolute atomic E-state index is 5.50. The third kappa shape index (κ3) is 5.20. The topological polar surface area (TPSA) is 9.23 Å². The lowest BCUT2D eigenvalue weighted by Gasteiger charge is -2.09. The summed E-state index contributed by atoms with van der Waals surface area (Å²) in [7, 11) is -0.641. The third-order valence-corrected chi connectivity index (χ3v) is 2.56. The summed E-state index contributed by atoms with van der Waals surface area (Å²) in [6.45, 7) is 6.24. The Balaban J connectivity index is 3.62. The van der Waals surface area contributed by atoms with Crippen LogP contribution in [0.4, 0.5) is 0 Å². The van der Waals surface area contributed by atoms with Crippen LogP contribution in [0.1, 0.15) is 6.92 Å². The molecule has 0 fully saturated rings. The molecule has 0 atom stereocenters. The summed E-state index contributed by atoms with van der Waals surface area (Å²) in [5.41, 5.74) is 1.51. The molecule has 0 rings (SSSR count). The van der Waals surface area contributed by atoms with E-state index >= 15 is 0 Å². The summed E-state index contributed by atoms with van der Waals surface area (Å²) in [6, 6.07) is 0. The second-order valence-corrected chi connectivity index (χ2v) is 5.38. The Morgan fingerprint density at radius 3 is 2.60 bits per heavy atom. The third-order valence-electron chi connectivity index (χ3n) is 0.680. The first-order valence-corrected chi connectivity index (χ1v) is 6.95. The van der Waals surface area contributed by atoms with Gasteiger partial charge in [0.15, 0.2) is 0 Å². The normalized spacial score (nSPS) is 12.3. The van der Waals surface area contributed by atoms with E-state index in [0.717, 1.165) is 10.8 Å². The quantitative estimate of drug-likeness (QED) is 0.504. The predicted molar refractivity (Wildman–Crippen MR) is 50.6 cm³/mol. The summed E-state index contributed by atoms with van der Waals surface area (Å²) in [6.07, 6.45) is 0. The first kappa shape index (κ1) is 10.4. The van der Waals surface area contributed by atoms with Crippen LogP contribution in [0, 0.1) is 0 Å². The summed E-state index contributed by atoms with van der Waals surface area (Å²) in [4.78, 5) is 0. The molecule has 0 amide bonds. The lowest BCUT2D eigenvalue weighted by Crippen LogP contribution is -2.05. The highest BCUT2D eigenvalue weighted by Crippen LogP contribution is 2.17. The molecule has 10 heavy (non-hydrogen) atoms. The molecule has 0 spiro atoms. The summed E-state index contributed by atoms with van der Waals surface area (Å²) < 4.78 is 5.43. The second-order valence-electron chi connectivity index (χ2n) is 1.87. The van der Waals surface area contributed by atoms with Gasteiger partial charge in [0.1, 0.15) is 5.09 Å². The molecule has 0 heterocycles. The van der Waals surface area contributed by atoms with E-state index in [-0.39, 0.29) is 0 Å². The average molecular weight is 196 g/mol. The van der Waals surface area contributed by atoms with Crippen molar-refractivity contribution in [1.82, 2.24) is 0 Å². The fourth-order valence-electron chi connectivity index (χ4n) is 0.427. The smallest absolute Gasteiger partial charge is 0.275 e. The zero-order valence-electron chi connectivity index (χ0n) is 6.48. The van der Waals surface area contributed by atoms with Gasteiger partial charge in [-0.1, -0.05) is 30.3 Å². The van der Waals surface area contributed by atoms with Crippen LogP contribution in [0.25, 0.3) is 0 Å². The Bertz CT molecular complexity index is 116. The van der Waals surface area contributed by atoms with Crippen molar-refractivity contribution >= 4 is 32.4 Å². The van der Waals surface area contributed by atoms with Gasteiger partial charge in [0, 0.05) is 0 Å². The molecule has 0 saturated carbocycles. The lowest BCUT2D eigenvalue weighted by molar-refractivity contribution is 0.486. The monoisotopic (exact) mass is 195 g/mol. The summed E-state index contributed by atoms with van der Waals surface area (Å²) >= 11 is 7.14. The van der Waals surface area contributed by atoms with Gasteiger partial charge in [-0.15, -0.1) is 0 Å². The van der Waals surface area contributed by atoms with E-state index in [1.54, 1.807) is 11.8 Å². The van der Waals surface area contributed by atoms with E-state index in [9.17, 15) is 0 Å². The van der Waals surface area contributed by atoms with Gasteiger partial charge < -0.3 is 4.43 Å². The maximum atomic E-state index is 5.50. The molecule has 1 nitrogen and oxygen atoms in total. The molecule has 0 aromatic rings. The molecule has 0 aromatic carbocycles. The van der Waals surface area contributed by atoms with Crippen LogP contribution in [0.5, 0.6) is 0 Å². The Hall–Kier alpha value is 0.397. The van der Waals surface area contributed by atoms with Gasteiger partial charge in [-0.2, -0.15) is 0 Å². The lowest BCUT2D eigenvalue weighted by atomic mass is 11.0. The molecule has 0 aromatic heterocycles. The van der Waals surface area contributed by atoms with E-state index in [0.29, 0.717) is 0 Å². The average Bonchev–Trinajstić information content (AvgIpc) is 1.86. The molecule has 1 radical (unpaired) electrons. The highest BCUT2D eigenvalue weighted by atomic mass is 35.5. The van der Waals surface area contributed by atoms with Crippen LogP contribution in [0.3, 0.4) is 0 Å². The largest absolute Gasteiger partial charge is 0.538 e. The van der Waals surface area contributed by atoms with Gasteiger partial charge in [-0.05, 0) is 18.8 Å². The summed E-state index contributed by atoms with van der Waals surface area (Å²) in [5.74, 6) is 1.01. The molecule has 0 aliphatic heterocycles. The van der Waals surface area contributed by atoms with Crippen LogP contribution < -0.4 is 0 Å². The number of halogens is 1. The van der Waals surface area contributed by atoms with Crippen molar-refractivity contribution in [3.8, 4) is 0 Å². The first-order valence-electron chi connectivity index (χ1n) is 3.12. The SMILES string of the molecule is CCS/C(=C\Cl)O[Si](C)C. The van der Waals surface area contributed by atoms with E-state index in [1.807, 2.05) is 0 Å². The Labute approximate surface area is 73.5 Å². The molecule has 0 saturated heterocycles. The molecule has 0 unspecified atom stereocenters. The number of rotatable bonds is 4. The van der Waals surface area contributed by atoms with Gasteiger partial charge in [0.25, 0.3) is 9.04 Å². The molecular formula is C6H12ClOSSi. The van der Waals surface area contributed by atoms with E-state index in [1.165, 1.54) is 5.54 Å². The molecule has 0 N–H and O–H groups in total. The maximum Gasteiger partial charge on any atom is 0.275 e. The fraction of sp³-hybridized carbons (Fsp3) is 0.667. The van der Waals surface area contributed by atoms with Crippen LogP contribution in [0.15, 0.2) is 10.6 Å². The molecule has 59 valence electrons. The van der Waals surface area contributed by atoms with E-state index in [4.69, 9.17) is 16.0 Å². The van der Waals surface area contributed by atoms with Gasteiger partial charge >= 0.3 is 0 Å². The van der Waals surface area contributed by atoms with Crippen molar-refractivity contribution in [2.45, 2.75) is 20.0 Å². The number of thioether (sulfide) groups is 1. The van der Waals surface area contributed by atoms with Gasteiger partial charge in [0.2, 0.25) is 0 Å². The minimum atomic E-state index is -0.641. The van der Waals surface area contributed by atoms with Gasteiger partial charge in [0.05, 0.1) is 5.54 Å². The van der Waals surface area contributed by atoms with Crippen molar-refractivity contribution in [1.29, 1.82) is 0 Å². The minimum Gasteiger partial charge on any atom is -0.538 e. The first-order chi connectivity index (χ1) is 4.70. The molecule has 0 aliphatic rings. The summed E-state index contributed by atoms with van der Waals surface area (Å²) in [5, 5.41) is 0.850. The van der Waals surface area contributed by atoms with Crippen molar-refractivity contribution in [2.75, 3.05) is 5.75 Å². The highest BCUT2D eigenvalue weighted by molar-refractivity contribution is 8.02. The van der Waals surface area contributed by atoms with Crippen molar-refractivity contribution in [3.05, 3.63) is 10.6 Å². The standard InChI is InChI=1S/C6H12ClOSSi/c1-4-9-6(5-7)8-10(2)3/h5H,4H2,1-3H3/b6-5-. The molecule has 4 heteroatoms. The van der Waals surface area contributed by atoms with Gasteiger partial charge in [-0.25, -0.2) is 0 Å². The van der Waals surface area contributed by atoms with Crippen molar-refractivity contribution < 1.29 is 4.43 Å².